The summed E-state index contributed by atoms with van der Waals surface area (Å²) in [4.78, 5) is 4.49. The van der Waals surface area contributed by atoms with Crippen LogP contribution in [-0.2, 0) is 0 Å². The lowest BCUT2D eigenvalue weighted by atomic mass is 10.1. The van der Waals surface area contributed by atoms with Crippen molar-refractivity contribution in [3.63, 3.8) is 0 Å². The van der Waals surface area contributed by atoms with Crippen LogP contribution in [-0.4, -0.2) is 14.6 Å². The van der Waals surface area contributed by atoms with Gasteiger partial charge in [0.1, 0.15) is 3.70 Å². The highest BCUT2D eigenvalue weighted by molar-refractivity contribution is 14.1. The Morgan fingerprint density at radius 2 is 2.23 bits per heavy atom. The first-order valence-electron chi connectivity index (χ1n) is 4.18. The van der Waals surface area contributed by atoms with Gasteiger partial charge in [0.25, 0.3) is 0 Å². The maximum Gasteiger partial charge on any atom is 0.156 e. The smallest absolute Gasteiger partial charge is 0.156 e. The number of halogens is 1. The second kappa shape index (κ2) is 3.25. The maximum atomic E-state index is 4.49. The molecule has 0 radical (unpaired) electrons. The summed E-state index contributed by atoms with van der Waals surface area (Å²) in [5, 5.41) is 4.25. The molecule has 0 aromatic carbocycles. The van der Waals surface area contributed by atoms with Gasteiger partial charge in [-0.25, -0.2) is 9.50 Å². The minimum Gasteiger partial charge on any atom is -0.233 e. The van der Waals surface area contributed by atoms with E-state index in [2.05, 4.69) is 46.5 Å². The van der Waals surface area contributed by atoms with Crippen LogP contribution in [0.3, 0.4) is 0 Å². The summed E-state index contributed by atoms with van der Waals surface area (Å²) < 4.78 is 2.78. The molecule has 0 spiro atoms. The van der Waals surface area contributed by atoms with Crippen molar-refractivity contribution >= 4 is 28.2 Å². The van der Waals surface area contributed by atoms with Gasteiger partial charge in [0.15, 0.2) is 5.65 Å². The highest BCUT2D eigenvalue weighted by Crippen LogP contribution is 2.13. The molecule has 2 aromatic heterocycles. The highest BCUT2D eigenvalue weighted by Gasteiger charge is 2.03. The predicted molar refractivity (Wildman–Crippen MR) is 59.8 cm³/mol. The van der Waals surface area contributed by atoms with Gasteiger partial charge in [-0.3, -0.25) is 0 Å². The SMILES string of the molecule is CC(C)c1ccn2nc(I)cc2n1. The van der Waals surface area contributed by atoms with Gasteiger partial charge in [-0.2, -0.15) is 5.10 Å². The van der Waals surface area contributed by atoms with E-state index in [1.54, 1.807) is 4.52 Å². The molecule has 13 heavy (non-hydrogen) atoms. The van der Waals surface area contributed by atoms with Crippen molar-refractivity contribution in [2.24, 2.45) is 0 Å². The van der Waals surface area contributed by atoms with Crippen molar-refractivity contribution in [2.75, 3.05) is 0 Å². The molecule has 0 unspecified atom stereocenters. The van der Waals surface area contributed by atoms with E-state index in [1.165, 1.54) is 0 Å². The van der Waals surface area contributed by atoms with Gasteiger partial charge in [-0.1, -0.05) is 13.8 Å². The van der Waals surface area contributed by atoms with Crippen molar-refractivity contribution < 1.29 is 0 Å². The Balaban J connectivity index is 2.61. The molecule has 3 nitrogen and oxygen atoms in total. The molecule has 0 aliphatic rings. The zero-order valence-corrected chi connectivity index (χ0v) is 9.69. The molecule has 2 aromatic rings. The normalized spacial score (nSPS) is 11.4. The molecule has 2 heterocycles. The standard InChI is InChI=1S/C9H10IN3/c1-6(2)7-3-4-13-9(11-7)5-8(10)12-13/h3-6H,1-2H3. The predicted octanol–water partition coefficient (Wildman–Crippen LogP) is 2.46. The highest BCUT2D eigenvalue weighted by atomic mass is 127. The molecule has 0 aliphatic heterocycles. The molecular weight excluding hydrogens is 277 g/mol. The summed E-state index contributed by atoms with van der Waals surface area (Å²) in [5.74, 6) is 0.470. The molecule has 0 aliphatic carbocycles. The molecule has 0 N–H and O–H groups in total. The molecule has 0 amide bonds. The summed E-state index contributed by atoms with van der Waals surface area (Å²) in [5.41, 5.74) is 2.04. The number of fused-ring (bicyclic) bond motifs is 1. The van der Waals surface area contributed by atoms with Gasteiger partial charge in [-0.05, 0) is 34.6 Å². The fourth-order valence-electron chi connectivity index (χ4n) is 1.19. The zero-order valence-electron chi connectivity index (χ0n) is 7.53. The summed E-state index contributed by atoms with van der Waals surface area (Å²) in [6, 6.07) is 3.99. The average Bonchev–Trinajstić information content (AvgIpc) is 2.42. The second-order valence-corrected chi connectivity index (χ2v) is 4.38. The minimum absolute atomic E-state index is 0.470. The molecule has 0 bridgehead atoms. The number of rotatable bonds is 1. The Labute approximate surface area is 90.3 Å². The first-order chi connectivity index (χ1) is 6.16. The molecule has 2 rings (SSSR count). The van der Waals surface area contributed by atoms with E-state index in [0.717, 1.165) is 15.0 Å². The zero-order chi connectivity index (χ0) is 9.42. The summed E-state index contributed by atoms with van der Waals surface area (Å²) in [7, 11) is 0. The fraction of sp³-hybridized carbons (Fsp3) is 0.333. The number of hydrogen-bond acceptors (Lipinski definition) is 2. The lowest BCUT2D eigenvalue weighted by Gasteiger charge is -2.02. The van der Waals surface area contributed by atoms with Crippen molar-refractivity contribution in [1.29, 1.82) is 0 Å². The second-order valence-electron chi connectivity index (χ2n) is 3.28. The molecule has 0 saturated heterocycles. The van der Waals surface area contributed by atoms with E-state index in [9.17, 15) is 0 Å². The van der Waals surface area contributed by atoms with Crippen LogP contribution >= 0.6 is 22.6 Å². The van der Waals surface area contributed by atoms with E-state index in [0.29, 0.717) is 5.92 Å². The quantitative estimate of drug-likeness (QED) is 0.754. The van der Waals surface area contributed by atoms with E-state index in [4.69, 9.17) is 0 Å². The maximum absolute atomic E-state index is 4.49. The summed E-state index contributed by atoms with van der Waals surface area (Å²) >= 11 is 2.19. The van der Waals surface area contributed by atoms with Gasteiger partial charge >= 0.3 is 0 Å². The van der Waals surface area contributed by atoms with Crippen LogP contribution in [0.5, 0.6) is 0 Å². The van der Waals surface area contributed by atoms with E-state index >= 15 is 0 Å². The first kappa shape index (κ1) is 8.93. The van der Waals surface area contributed by atoms with Gasteiger partial charge in [-0.15, -0.1) is 0 Å². The van der Waals surface area contributed by atoms with Crippen LogP contribution < -0.4 is 0 Å². The molecule has 0 fully saturated rings. The Kier molecular flexibility index (Phi) is 2.23. The van der Waals surface area contributed by atoms with Crippen molar-refractivity contribution in [2.45, 2.75) is 19.8 Å². The van der Waals surface area contributed by atoms with Crippen LogP contribution in [0.15, 0.2) is 18.3 Å². The third-order valence-corrected chi connectivity index (χ3v) is 2.44. The largest absolute Gasteiger partial charge is 0.233 e. The van der Waals surface area contributed by atoms with Gasteiger partial charge in [0, 0.05) is 18.0 Å². The van der Waals surface area contributed by atoms with Crippen LogP contribution in [0, 0.1) is 3.70 Å². The lowest BCUT2D eigenvalue weighted by molar-refractivity contribution is 0.807. The van der Waals surface area contributed by atoms with Crippen molar-refractivity contribution in [3.8, 4) is 0 Å². The monoisotopic (exact) mass is 287 g/mol. The molecule has 0 saturated carbocycles. The third-order valence-electron chi connectivity index (χ3n) is 1.91. The van der Waals surface area contributed by atoms with Crippen molar-refractivity contribution in [1.82, 2.24) is 14.6 Å². The summed E-state index contributed by atoms with van der Waals surface area (Å²) in [6.45, 7) is 4.28. The summed E-state index contributed by atoms with van der Waals surface area (Å²) in [6.07, 6.45) is 1.96. The van der Waals surface area contributed by atoms with Gasteiger partial charge in [0.2, 0.25) is 0 Å². The first-order valence-corrected chi connectivity index (χ1v) is 5.26. The molecule has 0 atom stereocenters. The van der Waals surface area contributed by atoms with Crippen LogP contribution in [0.2, 0.25) is 0 Å². The Hall–Kier alpha value is -0.650. The average molecular weight is 287 g/mol. The topological polar surface area (TPSA) is 30.2 Å². The number of hydrogen-bond donors (Lipinski definition) is 0. The van der Waals surface area contributed by atoms with Crippen molar-refractivity contribution in [3.05, 3.63) is 27.7 Å². The van der Waals surface area contributed by atoms with Gasteiger partial charge in [0.05, 0.1) is 0 Å². The molecule has 68 valence electrons. The third kappa shape index (κ3) is 1.67. The van der Waals surface area contributed by atoms with Crippen LogP contribution in [0.25, 0.3) is 5.65 Å². The van der Waals surface area contributed by atoms with E-state index in [1.807, 2.05) is 18.3 Å². The Morgan fingerprint density at radius 3 is 2.92 bits per heavy atom. The van der Waals surface area contributed by atoms with E-state index in [-0.39, 0.29) is 0 Å². The number of aromatic nitrogens is 3. The van der Waals surface area contributed by atoms with Crippen LogP contribution in [0.1, 0.15) is 25.5 Å². The Bertz CT molecular complexity index is 433. The molecular formula is C9H10IN3. The number of nitrogens with zero attached hydrogens (tertiary/aromatic N) is 3. The Morgan fingerprint density at radius 1 is 1.46 bits per heavy atom. The lowest BCUT2D eigenvalue weighted by Crippen LogP contribution is -1.96. The fourth-order valence-corrected chi connectivity index (χ4v) is 1.70. The van der Waals surface area contributed by atoms with Crippen LogP contribution in [0.4, 0.5) is 0 Å². The molecule has 4 heteroatoms. The minimum atomic E-state index is 0.470. The van der Waals surface area contributed by atoms with E-state index < -0.39 is 0 Å². The van der Waals surface area contributed by atoms with Gasteiger partial charge < -0.3 is 0 Å².